The zero-order valence-corrected chi connectivity index (χ0v) is 28.2. The summed E-state index contributed by atoms with van der Waals surface area (Å²) < 4.78 is 57.4. The molecule has 270 valence electrons. The summed E-state index contributed by atoms with van der Waals surface area (Å²) in [7, 11) is 1.97. The Morgan fingerprint density at radius 2 is 1.70 bits per heavy atom. The third kappa shape index (κ3) is 8.08. The van der Waals surface area contributed by atoms with Crippen LogP contribution in [0.15, 0.2) is 47.5 Å². The smallest absolute Gasteiger partial charge is 0.417 e. The standard InChI is InChI=1S/C34H41F4N7O5/c1-20-18-44(19-21(2)42(20)4)28-15-26(35)23(13-27(28)41-32(49)24-17-40-30(46)14-25(24)34(36,37)38)22-5-6-29(39-16-22)43-9-11-45(12-10-43)33(3,50)8-7-31(47)48/h5-6,13-17,20-21,50H,7-12,18-19H2,1-4H3,(H,40,46)(H,41,49)(H,47,48)/t20-,21+,33?. The lowest BCUT2D eigenvalue weighted by molar-refractivity contribution is -0.143. The first-order chi connectivity index (χ1) is 23.4. The summed E-state index contributed by atoms with van der Waals surface area (Å²) in [5.41, 5.74) is -3.66. The van der Waals surface area contributed by atoms with Crippen LogP contribution in [0.3, 0.4) is 0 Å². The van der Waals surface area contributed by atoms with Crippen LogP contribution in [0.5, 0.6) is 0 Å². The molecule has 0 saturated carbocycles. The molecular weight excluding hydrogens is 662 g/mol. The van der Waals surface area contributed by atoms with Gasteiger partial charge in [-0.25, -0.2) is 9.37 Å². The molecule has 2 aliphatic rings. The first-order valence-electron chi connectivity index (χ1n) is 16.3. The van der Waals surface area contributed by atoms with Gasteiger partial charge in [0.1, 0.15) is 17.4 Å². The second-order valence-corrected chi connectivity index (χ2v) is 13.2. The topological polar surface area (TPSA) is 145 Å². The van der Waals surface area contributed by atoms with Crippen molar-refractivity contribution in [2.24, 2.45) is 0 Å². The van der Waals surface area contributed by atoms with Crippen LogP contribution in [0.4, 0.5) is 34.8 Å². The van der Waals surface area contributed by atoms with Gasteiger partial charge in [-0.1, -0.05) is 0 Å². The molecule has 2 fully saturated rings. The van der Waals surface area contributed by atoms with Gasteiger partial charge in [-0.05, 0) is 52.1 Å². The Hall–Kier alpha value is -4.54. The summed E-state index contributed by atoms with van der Waals surface area (Å²) in [6.07, 6.45) is -2.86. The third-order valence-corrected chi connectivity index (χ3v) is 9.66. The monoisotopic (exact) mass is 703 g/mol. The fraction of sp³-hybridized carbons (Fsp3) is 0.471. The van der Waals surface area contributed by atoms with E-state index in [9.17, 15) is 32.7 Å². The van der Waals surface area contributed by atoms with E-state index in [0.717, 1.165) is 0 Å². The molecule has 5 rings (SSSR count). The lowest BCUT2D eigenvalue weighted by atomic mass is 10.0. The predicted octanol–water partition coefficient (Wildman–Crippen LogP) is 4.07. The number of pyridine rings is 2. The van der Waals surface area contributed by atoms with E-state index in [1.165, 1.54) is 18.3 Å². The SMILES string of the molecule is C[C@@H]1CN(c2cc(F)c(-c3ccc(N4CCN(C(C)(O)CCC(=O)O)CC4)nc3)cc2NC(=O)c2c[nH]c(=O)cc2C(F)(F)F)C[C@H](C)N1C. The molecule has 4 N–H and O–H groups in total. The van der Waals surface area contributed by atoms with Gasteiger partial charge in [-0.15, -0.1) is 0 Å². The minimum absolute atomic E-state index is 0.0514. The molecule has 0 aliphatic carbocycles. The Morgan fingerprint density at radius 1 is 1.04 bits per heavy atom. The van der Waals surface area contributed by atoms with Crippen molar-refractivity contribution in [2.75, 3.05) is 61.4 Å². The number of aliphatic carboxylic acids is 1. The number of nitrogens with zero attached hydrogens (tertiary/aromatic N) is 5. The molecule has 0 spiro atoms. The first kappa shape index (κ1) is 36.7. The van der Waals surface area contributed by atoms with Crippen molar-refractivity contribution < 1.29 is 37.4 Å². The zero-order chi connectivity index (χ0) is 36.5. The van der Waals surface area contributed by atoms with Crippen molar-refractivity contribution in [3.05, 3.63) is 70.0 Å². The van der Waals surface area contributed by atoms with Crippen molar-refractivity contribution in [3.63, 3.8) is 0 Å². The molecule has 4 heterocycles. The Morgan fingerprint density at radius 3 is 2.28 bits per heavy atom. The van der Waals surface area contributed by atoms with Crippen molar-refractivity contribution in [1.29, 1.82) is 0 Å². The van der Waals surface area contributed by atoms with E-state index in [-0.39, 0.29) is 36.2 Å². The van der Waals surface area contributed by atoms with Crippen LogP contribution in [0.2, 0.25) is 0 Å². The maximum absolute atomic E-state index is 15.9. The van der Waals surface area contributed by atoms with Crippen LogP contribution in [0, 0.1) is 5.82 Å². The van der Waals surface area contributed by atoms with Crippen molar-refractivity contribution in [1.82, 2.24) is 19.8 Å². The highest BCUT2D eigenvalue weighted by molar-refractivity contribution is 6.07. The zero-order valence-electron chi connectivity index (χ0n) is 28.2. The molecule has 2 saturated heterocycles. The van der Waals surface area contributed by atoms with E-state index < -0.39 is 46.3 Å². The van der Waals surface area contributed by atoms with Crippen molar-refractivity contribution in [3.8, 4) is 11.1 Å². The quantitative estimate of drug-likeness (QED) is 0.241. The molecule has 3 aromatic rings. The number of amides is 1. The molecule has 50 heavy (non-hydrogen) atoms. The number of halogens is 4. The highest BCUT2D eigenvalue weighted by atomic mass is 19.4. The molecular formula is C34H41F4N7O5. The minimum atomic E-state index is -4.97. The number of carbonyl (C=O) groups excluding carboxylic acids is 1. The maximum Gasteiger partial charge on any atom is 0.417 e. The van der Waals surface area contributed by atoms with Gasteiger partial charge in [-0.3, -0.25) is 24.2 Å². The number of likely N-dealkylation sites (N-methyl/N-ethyl adjacent to an activating group) is 1. The maximum atomic E-state index is 15.9. The number of aromatic nitrogens is 2. The number of H-pyrrole nitrogens is 1. The fourth-order valence-corrected chi connectivity index (χ4v) is 6.48. The summed E-state index contributed by atoms with van der Waals surface area (Å²) in [5, 5.41) is 22.3. The Kier molecular flexibility index (Phi) is 10.6. The van der Waals surface area contributed by atoms with Gasteiger partial charge in [0.25, 0.3) is 5.91 Å². The lowest BCUT2D eigenvalue weighted by Crippen LogP contribution is -2.56. The van der Waals surface area contributed by atoms with E-state index in [1.807, 2.05) is 35.6 Å². The normalized spacial score (nSPS) is 20.4. The summed E-state index contributed by atoms with van der Waals surface area (Å²) >= 11 is 0. The minimum Gasteiger partial charge on any atom is -0.481 e. The number of alkyl halides is 3. The Labute approximate surface area is 286 Å². The summed E-state index contributed by atoms with van der Waals surface area (Å²) in [6.45, 7) is 8.45. The van der Waals surface area contributed by atoms with E-state index in [0.29, 0.717) is 68.6 Å². The number of nitrogens with one attached hydrogen (secondary N) is 2. The van der Waals surface area contributed by atoms with Gasteiger partial charge < -0.3 is 30.3 Å². The van der Waals surface area contributed by atoms with E-state index >= 15 is 4.39 Å². The number of carboxylic acid groups (broad SMARTS) is 1. The number of carbonyl (C=O) groups is 2. The Bertz CT molecular complexity index is 1760. The van der Waals surface area contributed by atoms with Crippen LogP contribution < -0.4 is 20.7 Å². The number of benzene rings is 1. The average molecular weight is 704 g/mol. The van der Waals surface area contributed by atoms with Gasteiger partial charge in [0, 0.05) is 93.8 Å². The number of hydrogen-bond acceptors (Lipinski definition) is 9. The van der Waals surface area contributed by atoms with E-state index in [2.05, 4.69) is 20.2 Å². The highest BCUT2D eigenvalue weighted by Gasteiger charge is 2.37. The fourth-order valence-electron chi connectivity index (χ4n) is 6.48. The molecule has 16 heteroatoms. The van der Waals surface area contributed by atoms with Crippen LogP contribution in [-0.2, 0) is 11.0 Å². The summed E-state index contributed by atoms with van der Waals surface area (Å²) in [4.78, 5) is 50.6. The van der Waals surface area contributed by atoms with Gasteiger partial charge in [0.05, 0.1) is 22.5 Å². The molecule has 1 amide bonds. The number of piperazine rings is 2. The number of hydrogen-bond donors (Lipinski definition) is 4. The molecule has 3 atom stereocenters. The van der Waals surface area contributed by atoms with Crippen LogP contribution in [0.1, 0.15) is 49.5 Å². The first-order valence-corrected chi connectivity index (χ1v) is 16.3. The molecule has 2 aromatic heterocycles. The van der Waals surface area contributed by atoms with Gasteiger partial charge in [0.15, 0.2) is 0 Å². The largest absolute Gasteiger partial charge is 0.481 e. The van der Waals surface area contributed by atoms with Crippen molar-refractivity contribution in [2.45, 2.75) is 57.6 Å². The van der Waals surface area contributed by atoms with Crippen LogP contribution in [-0.4, -0.2) is 106 Å². The number of aliphatic hydroxyl groups is 1. The molecule has 12 nitrogen and oxygen atoms in total. The molecule has 1 aromatic carbocycles. The molecule has 0 radical (unpaired) electrons. The molecule has 2 aliphatic heterocycles. The Balaban J connectivity index is 1.43. The second-order valence-electron chi connectivity index (χ2n) is 13.2. The van der Waals surface area contributed by atoms with Crippen molar-refractivity contribution >= 4 is 29.1 Å². The number of anilines is 3. The number of rotatable bonds is 9. The van der Waals surface area contributed by atoms with Crippen LogP contribution in [0.25, 0.3) is 11.1 Å². The van der Waals surface area contributed by atoms with Gasteiger partial charge >= 0.3 is 12.1 Å². The highest BCUT2D eigenvalue weighted by Crippen LogP contribution is 2.37. The summed E-state index contributed by atoms with van der Waals surface area (Å²) in [6, 6.07) is 6.43. The third-order valence-electron chi connectivity index (χ3n) is 9.66. The van der Waals surface area contributed by atoms with Crippen LogP contribution >= 0.6 is 0 Å². The molecule has 1 unspecified atom stereocenters. The molecule has 0 bridgehead atoms. The van der Waals surface area contributed by atoms with Gasteiger partial charge in [-0.2, -0.15) is 13.2 Å². The summed E-state index contributed by atoms with van der Waals surface area (Å²) in [5.74, 6) is -2.13. The van der Waals surface area contributed by atoms with E-state index in [4.69, 9.17) is 5.11 Å². The second kappa shape index (κ2) is 14.4. The van der Waals surface area contributed by atoms with E-state index in [1.54, 1.807) is 19.1 Å². The number of carboxylic acids is 1. The average Bonchev–Trinajstić information content (AvgIpc) is 3.06. The van der Waals surface area contributed by atoms with Gasteiger partial charge in [0.2, 0.25) is 5.56 Å². The predicted molar refractivity (Wildman–Crippen MR) is 180 cm³/mol. The lowest BCUT2D eigenvalue weighted by Gasteiger charge is -2.44. The number of aromatic amines is 1.